The average Bonchev–Trinajstić information content (AvgIpc) is 3.58. The molecular formula is C27H29N3O5S2. The van der Waals surface area contributed by atoms with Gasteiger partial charge in [0.15, 0.2) is 5.13 Å². The van der Waals surface area contributed by atoms with E-state index in [1.54, 1.807) is 39.7 Å². The standard InChI is InChI=1S/C27H29N3O5S2/c1-3-34-23-10-6-11-24-25(23)28-27(36-24)29(18-21-9-7-17-35-21)26(31)20-12-14-22(15-13-20)37(32,33)30-16-5-4-8-19(30)2/h6-7,9-15,17,19H,3-5,8,16,18H2,1-2H3. The van der Waals surface area contributed by atoms with E-state index in [4.69, 9.17) is 14.1 Å². The maximum Gasteiger partial charge on any atom is 0.260 e. The molecule has 3 heterocycles. The van der Waals surface area contributed by atoms with Gasteiger partial charge in [0.25, 0.3) is 5.91 Å². The minimum absolute atomic E-state index is 0.0375. The molecule has 1 aliphatic rings. The number of hydrogen-bond donors (Lipinski definition) is 0. The van der Waals surface area contributed by atoms with Crippen LogP contribution in [0.5, 0.6) is 5.75 Å². The highest BCUT2D eigenvalue weighted by molar-refractivity contribution is 7.89. The second kappa shape index (κ2) is 10.6. The van der Waals surface area contributed by atoms with E-state index in [1.807, 2.05) is 32.0 Å². The largest absolute Gasteiger partial charge is 0.492 e. The van der Waals surface area contributed by atoms with Crippen molar-refractivity contribution in [3.63, 3.8) is 0 Å². The number of carbonyl (C=O) groups excluding carboxylic acids is 1. The van der Waals surface area contributed by atoms with Gasteiger partial charge >= 0.3 is 0 Å². The van der Waals surface area contributed by atoms with Crippen LogP contribution < -0.4 is 9.64 Å². The summed E-state index contributed by atoms with van der Waals surface area (Å²) >= 11 is 1.39. The van der Waals surface area contributed by atoms with Crippen LogP contribution in [-0.2, 0) is 16.6 Å². The van der Waals surface area contributed by atoms with Crippen LogP contribution >= 0.6 is 11.3 Å². The van der Waals surface area contributed by atoms with Crippen LogP contribution in [0.1, 0.15) is 49.2 Å². The van der Waals surface area contributed by atoms with Crippen LogP contribution in [0.2, 0.25) is 0 Å². The Bertz CT molecular complexity index is 1480. The summed E-state index contributed by atoms with van der Waals surface area (Å²) < 4.78 is 40.2. The Morgan fingerprint density at radius 3 is 2.68 bits per heavy atom. The molecule has 1 aliphatic heterocycles. The number of aromatic nitrogens is 1. The quantitative estimate of drug-likeness (QED) is 0.285. The molecule has 10 heteroatoms. The predicted molar refractivity (Wildman–Crippen MR) is 144 cm³/mol. The van der Waals surface area contributed by atoms with Gasteiger partial charge in [0, 0.05) is 18.2 Å². The number of thiazole rings is 1. The molecule has 1 unspecified atom stereocenters. The zero-order valence-corrected chi connectivity index (χ0v) is 22.4. The van der Waals surface area contributed by atoms with Gasteiger partial charge in [0.05, 0.1) is 29.0 Å². The lowest BCUT2D eigenvalue weighted by atomic mass is 10.1. The first-order valence-corrected chi connectivity index (χ1v) is 14.6. The first kappa shape index (κ1) is 25.4. The fourth-order valence-electron chi connectivity index (χ4n) is 4.57. The number of amides is 1. The monoisotopic (exact) mass is 539 g/mol. The SMILES string of the molecule is CCOc1cccc2sc(N(Cc3ccco3)C(=O)c3ccc(S(=O)(=O)N4CCCCC4C)cc3)nc12. The number of furan rings is 1. The van der Waals surface area contributed by atoms with Crippen LogP contribution in [-0.4, -0.2) is 42.8 Å². The van der Waals surface area contributed by atoms with Crippen molar-refractivity contribution in [2.75, 3.05) is 18.1 Å². The number of para-hydroxylation sites is 1. The molecule has 1 saturated heterocycles. The third-order valence-electron chi connectivity index (χ3n) is 6.49. The summed E-state index contributed by atoms with van der Waals surface area (Å²) in [6, 6.07) is 15.4. The zero-order valence-electron chi connectivity index (χ0n) is 20.8. The predicted octanol–water partition coefficient (Wildman–Crippen LogP) is 5.70. The minimum atomic E-state index is -3.63. The Morgan fingerprint density at radius 1 is 1.16 bits per heavy atom. The molecule has 0 bridgehead atoms. The van der Waals surface area contributed by atoms with E-state index in [1.165, 1.54) is 23.5 Å². The van der Waals surface area contributed by atoms with Gasteiger partial charge in [-0.15, -0.1) is 0 Å². The van der Waals surface area contributed by atoms with Crippen molar-refractivity contribution in [1.29, 1.82) is 0 Å². The molecule has 194 valence electrons. The summed E-state index contributed by atoms with van der Waals surface area (Å²) in [6.45, 7) is 5.06. The minimum Gasteiger partial charge on any atom is -0.492 e. The number of carbonyl (C=O) groups is 1. The van der Waals surface area contributed by atoms with Crippen LogP contribution in [0.4, 0.5) is 5.13 Å². The van der Waals surface area contributed by atoms with Gasteiger partial charge in [0.2, 0.25) is 10.0 Å². The van der Waals surface area contributed by atoms with Crippen molar-refractivity contribution in [3.8, 4) is 5.75 Å². The number of sulfonamides is 1. The summed E-state index contributed by atoms with van der Waals surface area (Å²) in [5.41, 5.74) is 1.06. The molecule has 8 nitrogen and oxygen atoms in total. The molecule has 4 aromatic rings. The molecule has 0 N–H and O–H groups in total. The van der Waals surface area contributed by atoms with Crippen molar-refractivity contribution in [3.05, 3.63) is 72.2 Å². The Labute approximate surface area is 220 Å². The maximum absolute atomic E-state index is 13.7. The van der Waals surface area contributed by atoms with Crippen LogP contribution in [0.15, 0.2) is 70.2 Å². The number of anilines is 1. The molecule has 0 aliphatic carbocycles. The van der Waals surface area contributed by atoms with E-state index in [9.17, 15) is 13.2 Å². The fourth-order valence-corrected chi connectivity index (χ4v) is 7.25. The number of hydrogen-bond acceptors (Lipinski definition) is 7. The molecule has 0 spiro atoms. The second-order valence-corrected chi connectivity index (χ2v) is 11.9. The van der Waals surface area contributed by atoms with Gasteiger partial charge in [-0.1, -0.05) is 23.8 Å². The molecule has 1 amide bonds. The highest BCUT2D eigenvalue weighted by Crippen LogP contribution is 2.35. The number of ether oxygens (including phenoxy) is 1. The second-order valence-electron chi connectivity index (χ2n) is 8.99. The number of nitrogens with zero attached hydrogens (tertiary/aromatic N) is 3. The van der Waals surface area contributed by atoms with Gasteiger partial charge in [-0.3, -0.25) is 9.69 Å². The van der Waals surface area contributed by atoms with Gasteiger partial charge in [-0.25, -0.2) is 13.4 Å². The van der Waals surface area contributed by atoms with Gasteiger partial charge < -0.3 is 9.15 Å². The summed E-state index contributed by atoms with van der Waals surface area (Å²) in [5, 5.41) is 0.502. The van der Waals surface area contributed by atoms with Gasteiger partial charge in [0.1, 0.15) is 17.0 Å². The highest BCUT2D eigenvalue weighted by atomic mass is 32.2. The van der Waals surface area contributed by atoms with Gasteiger partial charge in [-0.2, -0.15) is 4.31 Å². The summed E-state index contributed by atoms with van der Waals surface area (Å²) in [4.78, 5) is 20.2. The Hall–Kier alpha value is -3.21. The lowest BCUT2D eigenvalue weighted by Gasteiger charge is -2.32. The van der Waals surface area contributed by atoms with E-state index in [0.29, 0.717) is 40.9 Å². The van der Waals surface area contributed by atoms with Gasteiger partial charge in [-0.05, 0) is 75.2 Å². The Kier molecular flexibility index (Phi) is 7.32. The molecule has 37 heavy (non-hydrogen) atoms. The summed E-state index contributed by atoms with van der Waals surface area (Å²) in [7, 11) is -3.63. The third-order valence-corrected chi connectivity index (χ3v) is 9.56. The summed E-state index contributed by atoms with van der Waals surface area (Å²) in [5.74, 6) is 0.967. The molecule has 5 rings (SSSR count). The zero-order chi connectivity index (χ0) is 26.0. The van der Waals surface area contributed by atoms with E-state index >= 15 is 0 Å². The Morgan fingerprint density at radius 2 is 1.97 bits per heavy atom. The van der Waals surface area contributed by atoms with Crippen molar-refractivity contribution < 1.29 is 22.4 Å². The number of benzene rings is 2. The number of rotatable bonds is 8. The Balaban J connectivity index is 1.47. The van der Waals surface area contributed by atoms with Crippen LogP contribution in [0.3, 0.4) is 0 Å². The van der Waals surface area contributed by atoms with E-state index in [0.717, 1.165) is 24.0 Å². The first-order chi connectivity index (χ1) is 17.9. The van der Waals surface area contributed by atoms with E-state index < -0.39 is 10.0 Å². The molecule has 0 saturated carbocycles. The molecule has 2 aromatic heterocycles. The number of fused-ring (bicyclic) bond motifs is 1. The van der Waals surface area contributed by atoms with E-state index in [-0.39, 0.29) is 23.4 Å². The van der Waals surface area contributed by atoms with Crippen molar-refractivity contribution in [2.24, 2.45) is 0 Å². The van der Waals surface area contributed by atoms with Crippen molar-refractivity contribution in [2.45, 2.75) is 50.6 Å². The lowest BCUT2D eigenvalue weighted by molar-refractivity contribution is 0.0983. The first-order valence-electron chi connectivity index (χ1n) is 12.4. The smallest absolute Gasteiger partial charge is 0.260 e. The van der Waals surface area contributed by atoms with Crippen LogP contribution in [0, 0.1) is 0 Å². The molecule has 1 fully saturated rings. The van der Waals surface area contributed by atoms with Crippen LogP contribution in [0.25, 0.3) is 10.2 Å². The molecular weight excluding hydrogens is 510 g/mol. The maximum atomic E-state index is 13.7. The van der Waals surface area contributed by atoms with Crippen molar-refractivity contribution in [1.82, 2.24) is 9.29 Å². The number of piperidine rings is 1. The fraction of sp³-hybridized carbons (Fsp3) is 0.333. The third kappa shape index (κ3) is 5.14. The average molecular weight is 540 g/mol. The summed E-state index contributed by atoms with van der Waals surface area (Å²) in [6.07, 6.45) is 4.30. The lowest BCUT2D eigenvalue weighted by Crippen LogP contribution is -2.41. The molecule has 1 atom stereocenters. The molecule has 2 aromatic carbocycles. The normalized spacial score (nSPS) is 16.6. The van der Waals surface area contributed by atoms with Crippen molar-refractivity contribution >= 4 is 42.6 Å². The molecule has 0 radical (unpaired) electrons. The topological polar surface area (TPSA) is 92.9 Å². The van der Waals surface area contributed by atoms with E-state index in [2.05, 4.69) is 0 Å². The highest BCUT2D eigenvalue weighted by Gasteiger charge is 2.31.